The summed E-state index contributed by atoms with van der Waals surface area (Å²) in [6.07, 6.45) is -2.28. The molecule has 16 heavy (non-hydrogen) atoms. The maximum Gasteiger partial charge on any atom is 0.383 e. The summed E-state index contributed by atoms with van der Waals surface area (Å²) in [6.45, 7) is 3.89. The van der Waals surface area contributed by atoms with E-state index >= 15 is 0 Å². The highest BCUT2D eigenvalue weighted by Gasteiger charge is 2.51. The van der Waals surface area contributed by atoms with Gasteiger partial charge in [-0.2, -0.15) is 8.78 Å². The minimum Gasteiger partial charge on any atom is -0.350 e. The molecule has 1 rings (SSSR count). The lowest BCUT2D eigenvalue weighted by Crippen LogP contribution is -2.47. The number of nitrogens with one attached hydrogen (secondary N) is 1. The summed E-state index contributed by atoms with van der Waals surface area (Å²) >= 11 is 0. The molecule has 1 aliphatic carbocycles. The van der Waals surface area contributed by atoms with Gasteiger partial charge in [0.05, 0.1) is 0 Å². The summed E-state index contributed by atoms with van der Waals surface area (Å²) in [6, 6.07) is 0. The molecule has 0 heterocycles. The van der Waals surface area contributed by atoms with Crippen molar-refractivity contribution in [3.63, 3.8) is 0 Å². The molecule has 0 aliphatic heterocycles. The molecule has 1 amide bonds. The lowest BCUT2D eigenvalue weighted by molar-refractivity contribution is -0.169. The van der Waals surface area contributed by atoms with Crippen molar-refractivity contribution in [1.29, 1.82) is 0 Å². The number of halogens is 4. The van der Waals surface area contributed by atoms with Crippen LogP contribution >= 0.6 is 0 Å². The predicted molar refractivity (Wildman–Crippen MR) is 50.5 cm³/mol. The van der Waals surface area contributed by atoms with Crippen LogP contribution in [0.2, 0.25) is 0 Å². The highest BCUT2D eigenvalue weighted by atomic mass is 19.3. The first kappa shape index (κ1) is 13.3. The van der Waals surface area contributed by atoms with Gasteiger partial charge in [0.2, 0.25) is 0 Å². The monoisotopic (exact) mass is 241 g/mol. The third kappa shape index (κ3) is 2.47. The molecule has 6 heteroatoms. The Morgan fingerprint density at radius 2 is 1.88 bits per heavy atom. The van der Waals surface area contributed by atoms with Crippen LogP contribution in [0, 0.1) is 11.3 Å². The second-order valence-corrected chi connectivity index (χ2v) is 4.62. The van der Waals surface area contributed by atoms with Crippen molar-refractivity contribution in [2.75, 3.05) is 6.54 Å². The van der Waals surface area contributed by atoms with Gasteiger partial charge in [0.1, 0.15) is 0 Å². The van der Waals surface area contributed by atoms with Crippen molar-refractivity contribution < 1.29 is 22.4 Å². The summed E-state index contributed by atoms with van der Waals surface area (Å²) in [4.78, 5) is 10.9. The standard InChI is InChI=1S/C10H15F4NO/c1-6(2)9(3-4-9)5-15-8(16)10(13,14)7(11)12/h6-7H,3-5H2,1-2H3,(H,15,16). The molecule has 0 aromatic heterocycles. The van der Waals surface area contributed by atoms with Gasteiger partial charge in [0.25, 0.3) is 5.91 Å². The highest BCUT2D eigenvalue weighted by Crippen LogP contribution is 2.51. The van der Waals surface area contributed by atoms with Crippen LogP contribution in [-0.2, 0) is 4.79 Å². The molecule has 1 fully saturated rings. The van der Waals surface area contributed by atoms with Crippen LogP contribution in [0.3, 0.4) is 0 Å². The number of carbonyl (C=O) groups is 1. The predicted octanol–water partition coefficient (Wildman–Crippen LogP) is 2.44. The number of rotatable bonds is 5. The van der Waals surface area contributed by atoms with Gasteiger partial charge >= 0.3 is 12.3 Å². The molecule has 0 radical (unpaired) electrons. The summed E-state index contributed by atoms with van der Waals surface area (Å²) in [5.41, 5.74) is -0.173. The van der Waals surface area contributed by atoms with E-state index in [9.17, 15) is 22.4 Å². The summed E-state index contributed by atoms with van der Waals surface area (Å²) in [7, 11) is 0. The highest BCUT2D eigenvalue weighted by molar-refractivity contribution is 5.83. The minimum absolute atomic E-state index is 0.0474. The van der Waals surface area contributed by atoms with E-state index in [1.54, 1.807) is 0 Å². The molecule has 94 valence electrons. The average molecular weight is 241 g/mol. The molecular weight excluding hydrogens is 226 g/mol. The lowest BCUT2D eigenvalue weighted by atomic mass is 9.92. The van der Waals surface area contributed by atoms with Crippen molar-refractivity contribution in [3.8, 4) is 0 Å². The summed E-state index contributed by atoms with van der Waals surface area (Å²) < 4.78 is 48.8. The largest absolute Gasteiger partial charge is 0.383 e. The second kappa shape index (κ2) is 4.22. The van der Waals surface area contributed by atoms with E-state index in [1.165, 1.54) is 0 Å². The Bertz CT molecular complexity index is 274. The number of carbonyl (C=O) groups excluding carboxylic acids is 1. The first-order valence-corrected chi connectivity index (χ1v) is 5.16. The SMILES string of the molecule is CC(C)C1(CNC(=O)C(F)(F)C(F)F)CC1. The molecule has 1 N–H and O–H groups in total. The quantitative estimate of drug-likeness (QED) is 0.736. The lowest BCUT2D eigenvalue weighted by Gasteiger charge is -2.22. The van der Waals surface area contributed by atoms with E-state index < -0.39 is 18.3 Å². The van der Waals surface area contributed by atoms with Crippen LogP contribution in [0.5, 0.6) is 0 Å². The number of hydrogen-bond donors (Lipinski definition) is 1. The zero-order valence-corrected chi connectivity index (χ0v) is 9.20. The Balaban J connectivity index is 2.48. The first-order valence-electron chi connectivity index (χ1n) is 5.16. The number of hydrogen-bond acceptors (Lipinski definition) is 1. The second-order valence-electron chi connectivity index (χ2n) is 4.62. The molecule has 0 aromatic carbocycles. The third-order valence-corrected chi connectivity index (χ3v) is 3.29. The van der Waals surface area contributed by atoms with E-state index in [1.807, 2.05) is 19.2 Å². The Kier molecular flexibility index (Phi) is 3.50. The maximum atomic E-state index is 12.6. The molecule has 0 saturated heterocycles. The number of alkyl halides is 4. The van der Waals surface area contributed by atoms with Gasteiger partial charge in [0.15, 0.2) is 0 Å². The van der Waals surface area contributed by atoms with Crippen LogP contribution in [0.25, 0.3) is 0 Å². The summed E-state index contributed by atoms with van der Waals surface area (Å²) in [5.74, 6) is -6.23. The van der Waals surface area contributed by atoms with Gasteiger partial charge < -0.3 is 5.32 Å². The van der Waals surface area contributed by atoms with Crippen LogP contribution in [0.1, 0.15) is 26.7 Å². The summed E-state index contributed by atoms with van der Waals surface area (Å²) in [5, 5.41) is 1.92. The third-order valence-electron chi connectivity index (χ3n) is 3.29. The van der Waals surface area contributed by atoms with Gasteiger partial charge in [-0.25, -0.2) is 8.78 Å². The van der Waals surface area contributed by atoms with E-state index in [0.717, 1.165) is 12.8 Å². The fourth-order valence-corrected chi connectivity index (χ4v) is 1.59. The molecule has 1 saturated carbocycles. The fraction of sp³-hybridized carbons (Fsp3) is 0.900. The zero-order valence-electron chi connectivity index (χ0n) is 9.20. The average Bonchev–Trinajstić information content (AvgIpc) is 2.94. The van der Waals surface area contributed by atoms with E-state index in [0.29, 0.717) is 0 Å². The Hall–Kier alpha value is -0.810. The van der Waals surface area contributed by atoms with Crippen molar-refractivity contribution >= 4 is 5.91 Å². The molecule has 0 aromatic rings. The Morgan fingerprint density at radius 3 is 2.19 bits per heavy atom. The molecule has 1 aliphatic rings. The first-order chi connectivity index (χ1) is 7.22. The normalized spacial score (nSPS) is 19.0. The van der Waals surface area contributed by atoms with Gasteiger partial charge in [-0.1, -0.05) is 13.8 Å². The van der Waals surface area contributed by atoms with E-state index in [-0.39, 0.29) is 17.9 Å². The molecule has 2 nitrogen and oxygen atoms in total. The molecule has 0 unspecified atom stereocenters. The van der Waals surface area contributed by atoms with Crippen LogP contribution in [0.15, 0.2) is 0 Å². The van der Waals surface area contributed by atoms with Crippen LogP contribution in [-0.4, -0.2) is 24.8 Å². The maximum absolute atomic E-state index is 12.6. The molecule has 0 atom stereocenters. The van der Waals surface area contributed by atoms with Crippen LogP contribution < -0.4 is 5.32 Å². The number of amides is 1. The van der Waals surface area contributed by atoms with Crippen molar-refractivity contribution in [3.05, 3.63) is 0 Å². The van der Waals surface area contributed by atoms with E-state index in [4.69, 9.17) is 0 Å². The van der Waals surface area contributed by atoms with Crippen molar-refractivity contribution in [1.82, 2.24) is 5.32 Å². The Labute approximate surface area is 91.4 Å². The minimum atomic E-state index is -4.59. The van der Waals surface area contributed by atoms with E-state index in [2.05, 4.69) is 0 Å². The fourth-order valence-electron chi connectivity index (χ4n) is 1.59. The van der Waals surface area contributed by atoms with Gasteiger partial charge in [-0.3, -0.25) is 4.79 Å². The van der Waals surface area contributed by atoms with Crippen molar-refractivity contribution in [2.24, 2.45) is 11.3 Å². The van der Waals surface area contributed by atoms with Crippen LogP contribution in [0.4, 0.5) is 17.6 Å². The van der Waals surface area contributed by atoms with Crippen molar-refractivity contribution in [2.45, 2.75) is 39.0 Å². The molecule has 0 spiro atoms. The zero-order chi connectivity index (χ0) is 12.6. The smallest absolute Gasteiger partial charge is 0.350 e. The van der Waals surface area contributed by atoms with Gasteiger partial charge in [-0.05, 0) is 24.2 Å². The Morgan fingerprint density at radius 1 is 1.38 bits per heavy atom. The van der Waals surface area contributed by atoms with Gasteiger partial charge in [-0.15, -0.1) is 0 Å². The topological polar surface area (TPSA) is 29.1 Å². The molecular formula is C10H15F4NO. The molecule has 0 bridgehead atoms. The van der Waals surface area contributed by atoms with Gasteiger partial charge in [0, 0.05) is 6.54 Å².